The van der Waals surface area contributed by atoms with E-state index in [4.69, 9.17) is 4.74 Å². The molecule has 33 heavy (non-hydrogen) atoms. The molecular formula is C25H31N3O4S. The summed E-state index contributed by atoms with van der Waals surface area (Å²) in [5.41, 5.74) is 5.80. The first kappa shape index (κ1) is 23.6. The summed E-state index contributed by atoms with van der Waals surface area (Å²) in [6, 6.07) is 14.5. The molecule has 0 radical (unpaired) electrons. The topological polar surface area (TPSA) is 88.1 Å². The lowest BCUT2D eigenvalue weighted by Crippen LogP contribution is -2.40. The van der Waals surface area contributed by atoms with Crippen LogP contribution < -0.4 is 5.43 Å². The molecule has 1 saturated heterocycles. The second-order valence-electron chi connectivity index (χ2n) is 8.64. The molecule has 0 spiro atoms. The van der Waals surface area contributed by atoms with Gasteiger partial charge >= 0.3 is 0 Å². The largest absolute Gasteiger partial charge is 0.379 e. The molecule has 1 saturated carbocycles. The second kappa shape index (κ2) is 10.6. The summed E-state index contributed by atoms with van der Waals surface area (Å²) in [7, 11) is -3.67. The highest BCUT2D eigenvalue weighted by Gasteiger charge is 2.26. The molecular weight excluding hydrogens is 438 g/mol. The van der Waals surface area contributed by atoms with Crippen molar-refractivity contribution in [3.05, 3.63) is 65.2 Å². The molecule has 1 aliphatic carbocycles. The van der Waals surface area contributed by atoms with Crippen molar-refractivity contribution in [3.63, 3.8) is 0 Å². The number of nitrogens with zero attached hydrogens (tertiary/aromatic N) is 2. The lowest BCUT2D eigenvalue weighted by Gasteiger charge is -2.26. The first-order valence-corrected chi connectivity index (χ1v) is 13.0. The molecule has 2 aromatic rings. The summed E-state index contributed by atoms with van der Waals surface area (Å²) >= 11 is 0. The molecule has 2 aliphatic rings. The third-order valence-electron chi connectivity index (χ3n) is 6.43. The highest BCUT2D eigenvalue weighted by atomic mass is 32.2. The Balaban J connectivity index is 1.42. The van der Waals surface area contributed by atoms with E-state index < -0.39 is 15.9 Å². The summed E-state index contributed by atoms with van der Waals surface area (Å²) in [6.45, 7) is 3.20. The van der Waals surface area contributed by atoms with E-state index in [-0.39, 0.29) is 10.5 Å². The second-order valence-corrected chi connectivity index (χ2v) is 10.6. The SMILES string of the molecule is CC(=NNC(=O)c1cccc(S(=O)(=O)N2CCOCC2)c1)c1ccc(C2CCCCC2)cc1. The number of morpholine rings is 1. The summed E-state index contributed by atoms with van der Waals surface area (Å²) < 4.78 is 32.3. The van der Waals surface area contributed by atoms with Gasteiger partial charge in [-0.3, -0.25) is 4.79 Å². The van der Waals surface area contributed by atoms with Crippen molar-refractivity contribution < 1.29 is 17.9 Å². The first-order valence-electron chi connectivity index (χ1n) is 11.6. The van der Waals surface area contributed by atoms with E-state index in [1.54, 1.807) is 12.1 Å². The van der Waals surface area contributed by atoms with Crippen molar-refractivity contribution in [2.45, 2.75) is 49.8 Å². The maximum Gasteiger partial charge on any atom is 0.271 e. The van der Waals surface area contributed by atoms with Gasteiger partial charge in [0, 0.05) is 18.7 Å². The Morgan fingerprint density at radius 1 is 1.00 bits per heavy atom. The number of amides is 1. The number of benzene rings is 2. The molecule has 176 valence electrons. The Bertz CT molecular complexity index is 1100. The van der Waals surface area contributed by atoms with Crippen LogP contribution in [0.3, 0.4) is 0 Å². The predicted molar refractivity (Wildman–Crippen MR) is 128 cm³/mol. The monoisotopic (exact) mass is 469 g/mol. The standard InChI is InChI=1S/C25H31N3O4S/c1-19(20-10-12-22(13-11-20)21-6-3-2-4-7-21)26-27-25(29)23-8-5-9-24(18-23)33(30,31)28-14-16-32-17-15-28/h5,8-13,18,21H,2-4,6-7,14-17H2,1H3,(H,27,29). The van der Waals surface area contributed by atoms with Gasteiger partial charge in [0.05, 0.1) is 23.8 Å². The smallest absolute Gasteiger partial charge is 0.271 e. The van der Waals surface area contributed by atoms with Crippen LogP contribution in [-0.2, 0) is 14.8 Å². The van der Waals surface area contributed by atoms with Crippen LogP contribution in [0.4, 0.5) is 0 Å². The number of hydrazone groups is 1. The van der Waals surface area contributed by atoms with E-state index in [2.05, 4.69) is 22.7 Å². The number of ether oxygens (including phenoxy) is 1. The van der Waals surface area contributed by atoms with Gasteiger partial charge in [-0.1, -0.05) is 49.6 Å². The van der Waals surface area contributed by atoms with Crippen LogP contribution in [0, 0.1) is 0 Å². The van der Waals surface area contributed by atoms with E-state index in [1.807, 2.05) is 19.1 Å². The third-order valence-corrected chi connectivity index (χ3v) is 8.33. The van der Waals surface area contributed by atoms with E-state index in [0.29, 0.717) is 37.9 Å². The highest BCUT2D eigenvalue weighted by Crippen LogP contribution is 2.32. The van der Waals surface area contributed by atoms with Gasteiger partial charge < -0.3 is 4.74 Å². The van der Waals surface area contributed by atoms with E-state index in [0.717, 1.165) is 5.56 Å². The zero-order valence-corrected chi connectivity index (χ0v) is 19.8. The average Bonchev–Trinajstić information content (AvgIpc) is 2.88. The van der Waals surface area contributed by atoms with Crippen molar-refractivity contribution in [1.82, 2.24) is 9.73 Å². The minimum Gasteiger partial charge on any atom is -0.379 e. The number of rotatable bonds is 6. The van der Waals surface area contributed by atoms with Crippen molar-refractivity contribution in [3.8, 4) is 0 Å². The van der Waals surface area contributed by atoms with Crippen LogP contribution in [0.1, 0.15) is 66.4 Å². The molecule has 4 rings (SSSR count). The van der Waals surface area contributed by atoms with E-state index in [1.165, 1.54) is 54.1 Å². The van der Waals surface area contributed by atoms with Crippen LogP contribution in [0.15, 0.2) is 58.5 Å². The Labute approximate surface area is 195 Å². The number of carbonyl (C=O) groups excluding carboxylic acids is 1. The van der Waals surface area contributed by atoms with Crippen LogP contribution in [0.2, 0.25) is 0 Å². The van der Waals surface area contributed by atoms with Gasteiger partial charge in [-0.15, -0.1) is 0 Å². The molecule has 1 amide bonds. The van der Waals surface area contributed by atoms with E-state index >= 15 is 0 Å². The average molecular weight is 470 g/mol. The lowest BCUT2D eigenvalue weighted by atomic mass is 9.84. The Morgan fingerprint density at radius 2 is 1.70 bits per heavy atom. The van der Waals surface area contributed by atoms with Crippen molar-refractivity contribution in [2.75, 3.05) is 26.3 Å². The Kier molecular flexibility index (Phi) is 7.57. The first-order chi connectivity index (χ1) is 15.9. The minimum atomic E-state index is -3.67. The molecule has 7 nitrogen and oxygen atoms in total. The predicted octanol–water partition coefficient (Wildman–Crippen LogP) is 3.91. The Hall–Kier alpha value is -2.55. The molecule has 2 fully saturated rings. The molecule has 1 heterocycles. The van der Waals surface area contributed by atoms with Crippen molar-refractivity contribution in [2.24, 2.45) is 5.10 Å². The number of nitrogens with one attached hydrogen (secondary N) is 1. The van der Waals surface area contributed by atoms with Gasteiger partial charge in [0.25, 0.3) is 5.91 Å². The van der Waals surface area contributed by atoms with Gasteiger partial charge in [0.2, 0.25) is 10.0 Å². The molecule has 0 bridgehead atoms. The fourth-order valence-corrected chi connectivity index (χ4v) is 5.88. The molecule has 2 aromatic carbocycles. The molecule has 1 aliphatic heterocycles. The maximum atomic E-state index is 12.9. The van der Waals surface area contributed by atoms with Gasteiger partial charge in [-0.05, 0) is 55.0 Å². The molecule has 0 unspecified atom stereocenters. The minimum absolute atomic E-state index is 0.0936. The van der Waals surface area contributed by atoms with Crippen LogP contribution in [-0.4, -0.2) is 50.6 Å². The summed E-state index contributed by atoms with van der Waals surface area (Å²) in [5, 5.41) is 4.24. The zero-order valence-electron chi connectivity index (χ0n) is 19.0. The van der Waals surface area contributed by atoms with Crippen molar-refractivity contribution in [1.29, 1.82) is 0 Å². The lowest BCUT2D eigenvalue weighted by molar-refractivity contribution is 0.0730. The van der Waals surface area contributed by atoms with Crippen LogP contribution >= 0.6 is 0 Å². The van der Waals surface area contributed by atoms with Gasteiger partial charge in [0.15, 0.2) is 0 Å². The fraction of sp³-hybridized carbons (Fsp3) is 0.440. The van der Waals surface area contributed by atoms with Gasteiger partial charge in [-0.2, -0.15) is 9.41 Å². The van der Waals surface area contributed by atoms with Crippen LogP contribution in [0.25, 0.3) is 0 Å². The summed E-state index contributed by atoms with van der Waals surface area (Å²) in [4.78, 5) is 12.7. The van der Waals surface area contributed by atoms with Crippen molar-refractivity contribution >= 4 is 21.6 Å². The molecule has 8 heteroatoms. The number of hydrogen-bond donors (Lipinski definition) is 1. The highest BCUT2D eigenvalue weighted by molar-refractivity contribution is 7.89. The van der Waals surface area contributed by atoms with Crippen LogP contribution in [0.5, 0.6) is 0 Å². The van der Waals surface area contributed by atoms with Gasteiger partial charge in [-0.25, -0.2) is 13.8 Å². The summed E-state index contributed by atoms with van der Waals surface area (Å²) in [5.74, 6) is 0.193. The zero-order chi connectivity index (χ0) is 23.3. The number of carbonyl (C=O) groups is 1. The van der Waals surface area contributed by atoms with Gasteiger partial charge in [0.1, 0.15) is 0 Å². The number of hydrogen-bond acceptors (Lipinski definition) is 5. The quantitative estimate of drug-likeness (QED) is 0.513. The molecule has 0 atom stereocenters. The third kappa shape index (κ3) is 5.69. The normalized spacial score (nSPS) is 18.8. The number of sulfonamides is 1. The maximum absolute atomic E-state index is 12.9. The Morgan fingerprint density at radius 3 is 2.39 bits per heavy atom. The molecule has 0 aromatic heterocycles. The fourth-order valence-electron chi connectivity index (χ4n) is 4.43. The molecule has 1 N–H and O–H groups in total. The van der Waals surface area contributed by atoms with E-state index in [9.17, 15) is 13.2 Å². The summed E-state index contributed by atoms with van der Waals surface area (Å²) in [6.07, 6.45) is 6.44.